The number of hydrogen-bond acceptors (Lipinski definition) is 5. The summed E-state index contributed by atoms with van der Waals surface area (Å²) in [7, 11) is 0. The van der Waals surface area contributed by atoms with Crippen molar-refractivity contribution < 1.29 is 14.4 Å². The highest BCUT2D eigenvalue weighted by Crippen LogP contribution is 2.32. The second-order valence-electron chi connectivity index (χ2n) is 4.84. The van der Waals surface area contributed by atoms with Crippen molar-refractivity contribution in [2.45, 2.75) is 12.8 Å². The largest absolute Gasteiger partial charge is 0.321 e. The molecule has 1 aromatic heterocycles. The Morgan fingerprint density at radius 3 is 2.52 bits per heavy atom. The number of benzene rings is 1. The van der Waals surface area contributed by atoms with Crippen LogP contribution in [-0.4, -0.2) is 27.7 Å². The molecule has 0 aliphatic carbocycles. The molecule has 0 atom stereocenters. The molecule has 1 aliphatic heterocycles. The van der Waals surface area contributed by atoms with Crippen LogP contribution < -0.4 is 10.2 Å². The van der Waals surface area contributed by atoms with Crippen molar-refractivity contribution in [1.82, 2.24) is 9.97 Å². The summed E-state index contributed by atoms with van der Waals surface area (Å²) in [6, 6.07) is 6.06. The number of hydrogen-bond donors (Lipinski definition) is 1. The number of imide groups is 1. The Morgan fingerprint density at radius 1 is 1.17 bits per heavy atom. The third-order valence-electron chi connectivity index (χ3n) is 3.31. The number of nitrogens with one attached hydrogen (secondary N) is 1. The molecule has 3 amide bonds. The number of anilines is 2. The van der Waals surface area contributed by atoms with E-state index in [1.807, 2.05) is 0 Å². The predicted molar refractivity (Wildman–Crippen MR) is 83.2 cm³/mol. The van der Waals surface area contributed by atoms with Crippen LogP contribution >= 0.6 is 11.6 Å². The Morgan fingerprint density at radius 2 is 1.91 bits per heavy atom. The number of nitrogens with zero attached hydrogens (tertiary/aromatic N) is 3. The van der Waals surface area contributed by atoms with E-state index in [0.717, 1.165) is 4.90 Å². The van der Waals surface area contributed by atoms with Gasteiger partial charge in [-0.25, -0.2) is 14.9 Å². The van der Waals surface area contributed by atoms with Crippen molar-refractivity contribution in [2.75, 3.05) is 10.2 Å². The number of carbonyl (C=O) groups is 3. The lowest BCUT2D eigenvalue weighted by atomic mass is 10.2. The molecule has 1 N–H and O–H groups in total. The zero-order valence-corrected chi connectivity index (χ0v) is 12.6. The van der Waals surface area contributed by atoms with E-state index in [9.17, 15) is 14.4 Å². The van der Waals surface area contributed by atoms with E-state index in [0.29, 0.717) is 11.4 Å². The number of amides is 3. The molecule has 2 heterocycles. The highest BCUT2D eigenvalue weighted by molar-refractivity contribution is 6.36. The van der Waals surface area contributed by atoms with Crippen LogP contribution in [0.2, 0.25) is 5.02 Å². The highest BCUT2D eigenvalue weighted by Gasteiger charge is 2.31. The Kier molecular flexibility index (Phi) is 4.03. The van der Waals surface area contributed by atoms with Crippen molar-refractivity contribution >= 4 is 40.7 Å². The van der Waals surface area contributed by atoms with Crippen molar-refractivity contribution in [3.63, 3.8) is 0 Å². The number of rotatable bonds is 3. The van der Waals surface area contributed by atoms with E-state index in [2.05, 4.69) is 15.3 Å². The van der Waals surface area contributed by atoms with Gasteiger partial charge in [0, 0.05) is 24.7 Å². The summed E-state index contributed by atoms with van der Waals surface area (Å²) in [4.78, 5) is 44.2. The molecule has 2 aromatic rings. The van der Waals surface area contributed by atoms with Crippen LogP contribution in [0.25, 0.3) is 0 Å². The molecule has 1 aromatic carbocycles. The van der Waals surface area contributed by atoms with E-state index < -0.39 is 5.91 Å². The first kappa shape index (κ1) is 15.1. The maximum atomic E-state index is 12.0. The van der Waals surface area contributed by atoms with Gasteiger partial charge in [0.1, 0.15) is 12.0 Å². The van der Waals surface area contributed by atoms with Crippen LogP contribution in [0.5, 0.6) is 0 Å². The van der Waals surface area contributed by atoms with Gasteiger partial charge in [-0.2, -0.15) is 0 Å². The van der Waals surface area contributed by atoms with E-state index >= 15 is 0 Å². The van der Waals surface area contributed by atoms with Gasteiger partial charge in [-0.3, -0.25) is 14.4 Å². The minimum absolute atomic E-state index is 0.182. The average Bonchev–Trinajstić information content (AvgIpc) is 2.88. The summed E-state index contributed by atoms with van der Waals surface area (Å²) in [5.41, 5.74) is 0.964. The molecule has 1 fully saturated rings. The average molecular weight is 331 g/mol. The Balaban J connectivity index is 1.81. The molecule has 116 valence electrons. The van der Waals surface area contributed by atoms with Gasteiger partial charge >= 0.3 is 0 Å². The quantitative estimate of drug-likeness (QED) is 0.869. The Labute approximate surface area is 136 Å². The second-order valence-corrected chi connectivity index (χ2v) is 5.25. The molecule has 0 radical (unpaired) electrons. The van der Waals surface area contributed by atoms with Gasteiger partial charge in [0.05, 0.1) is 10.7 Å². The molecule has 8 heteroatoms. The molecule has 0 bridgehead atoms. The second kappa shape index (κ2) is 6.13. The maximum Gasteiger partial charge on any atom is 0.274 e. The number of carbonyl (C=O) groups excluding carboxylic acids is 3. The minimum atomic E-state index is -0.412. The lowest BCUT2D eigenvalue weighted by Crippen LogP contribution is -2.28. The van der Waals surface area contributed by atoms with Crippen LogP contribution in [0, 0.1) is 0 Å². The topological polar surface area (TPSA) is 92.3 Å². The molecule has 0 unspecified atom stereocenters. The van der Waals surface area contributed by atoms with Crippen molar-refractivity contribution in [1.29, 1.82) is 0 Å². The fourth-order valence-electron chi connectivity index (χ4n) is 2.23. The van der Waals surface area contributed by atoms with E-state index in [1.165, 1.54) is 30.7 Å². The molecule has 7 nitrogen and oxygen atoms in total. The Bertz CT molecular complexity index is 779. The molecule has 0 spiro atoms. The monoisotopic (exact) mass is 330 g/mol. The summed E-state index contributed by atoms with van der Waals surface area (Å²) in [6.07, 6.45) is 3.10. The molecule has 0 saturated carbocycles. The van der Waals surface area contributed by atoms with E-state index in [1.54, 1.807) is 6.07 Å². The van der Waals surface area contributed by atoms with Gasteiger partial charge in [0.25, 0.3) is 5.91 Å². The third-order valence-corrected chi connectivity index (χ3v) is 3.62. The van der Waals surface area contributed by atoms with Gasteiger partial charge in [-0.05, 0) is 24.3 Å². The first-order valence-electron chi connectivity index (χ1n) is 6.79. The smallest absolute Gasteiger partial charge is 0.274 e. The zero-order valence-electron chi connectivity index (χ0n) is 11.8. The van der Waals surface area contributed by atoms with E-state index in [4.69, 9.17) is 11.6 Å². The minimum Gasteiger partial charge on any atom is -0.321 e. The van der Waals surface area contributed by atoms with Gasteiger partial charge in [-0.15, -0.1) is 0 Å². The predicted octanol–water partition coefficient (Wildman–Crippen LogP) is 2.04. The SMILES string of the molecule is O=C(Nc1ccc(N2C(=O)CCC2=O)c(Cl)c1)c1ccncn1. The molecule has 3 rings (SSSR count). The molecular formula is C15H11ClN4O3. The fourth-order valence-corrected chi connectivity index (χ4v) is 2.50. The number of aromatic nitrogens is 2. The first-order valence-corrected chi connectivity index (χ1v) is 7.17. The van der Waals surface area contributed by atoms with Crippen molar-refractivity contribution in [3.8, 4) is 0 Å². The molecule has 23 heavy (non-hydrogen) atoms. The number of halogens is 1. The molecular weight excluding hydrogens is 320 g/mol. The van der Waals surface area contributed by atoms with E-state index in [-0.39, 0.29) is 35.4 Å². The molecule has 1 aliphatic rings. The highest BCUT2D eigenvalue weighted by atomic mass is 35.5. The van der Waals surface area contributed by atoms with Crippen LogP contribution in [0.1, 0.15) is 23.3 Å². The summed E-state index contributed by atoms with van der Waals surface area (Å²) < 4.78 is 0. The van der Waals surface area contributed by atoms with Crippen LogP contribution in [-0.2, 0) is 9.59 Å². The third kappa shape index (κ3) is 3.04. The standard InChI is InChI=1S/C15H11ClN4O3/c16-10-7-9(19-15(23)11-5-6-17-8-18-11)1-2-12(10)20-13(21)3-4-14(20)22/h1-2,5-8H,3-4H2,(H,19,23). The van der Waals surface area contributed by atoms with Gasteiger partial charge in [0.15, 0.2) is 0 Å². The lowest BCUT2D eigenvalue weighted by molar-refractivity contribution is -0.121. The normalized spacial score (nSPS) is 14.2. The zero-order chi connectivity index (χ0) is 16.4. The van der Waals surface area contributed by atoms with Crippen molar-refractivity contribution in [3.05, 3.63) is 47.5 Å². The van der Waals surface area contributed by atoms with Crippen molar-refractivity contribution in [2.24, 2.45) is 0 Å². The summed E-state index contributed by atoms with van der Waals surface area (Å²) in [5, 5.41) is 2.84. The van der Waals surface area contributed by atoms with Gasteiger partial charge in [0.2, 0.25) is 11.8 Å². The van der Waals surface area contributed by atoms with Crippen LogP contribution in [0.3, 0.4) is 0 Å². The first-order chi connectivity index (χ1) is 11.1. The molecule has 1 saturated heterocycles. The fraction of sp³-hybridized carbons (Fsp3) is 0.133. The van der Waals surface area contributed by atoms with Crippen LogP contribution in [0.15, 0.2) is 36.8 Å². The Hall–Kier alpha value is -2.80. The van der Waals surface area contributed by atoms with Gasteiger partial charge in [-0.1, -0.05) is 11.6 Å². The van der Waals surface area contributed by atoms with Crippen LogP contribution in [0.4, 0.5) is 11.4 Å². The lowest BCUT2D eigenvalue weighted by Gasteiger charge is -2.16. The maximum absolute atomic E-state index is 12.0. The summed E-state index contributed by atoms with van der Waals surface area (Å²) in [6.45, 7) is 0. The van der Waals surface area contributed by atoms with Gasteiger partial charge < -0.3 is 5.32 Å². The summed E-state index contributed by atoms with van der Waals surface area (Å²) in [5.74, 6) is -0.978. The summed E-state index contributed by atoms with van der Waals surface area (Å²) >= 11 is 6.15.